The lowest BCUT2D eigenvalue weighted by Crippen LogP contribution is -2.23. The van der Waals surface area contributed by atoms with E-state index in [4.69, 9.17) is 14.2 Å². The number of fused-ring (bicyclic) bond motifs is 4. The Morgan fingerprint density at radius 3 is 2.73 bits per heavy atom. The maximum absolute atomic E-state index is 12.4. The van der Waals surface area contributed by atoms with E-state index < -0.39 is 12.1 Å². The van der Waals surface area contributed by atoms with Crippen molar-refractivity contribution in [2.75, 3.05) is 19.8 Å². The standard InChI is InChI=1S/C19H19NO6/c1-2-24-19(23)14-8-20-4-3-11-5-17-18(26-10-12(21)9-25-17)6-13(11)15(20)7-16(14)22/h5-8,12,21H,2-4,9-10H2,1H3. The Kier molecular flexibility index (Phi) is 4.16. The summed E-state index contributed by atoms with van der Waals surface area (Å²) in [6.07, 6.45) is 1.61. The Bertz CT molecular complexity index is 932. The lowest BCUT2D eigenvalue weighted by atomic mass is 9.96. The quantitative estimate of drug-likeness (QED) is 0.817. The molecule has 1 aromatic carbocycles. The monoisotopic (exact) mass is 357 g/mol. The van der Waals surface area contributed by atoms with E-state index in [1.165, 1.54) is 6.07 Å². The van der Waals surface area contributed by atoms with Gasteiger partial charge < -0.3 is 23.9 Å². The third-order valence-corrected chi connectivity index (χ3v) is 4.55. The molecule has 7 nitrogen and oxygen atoms in total. The average Bonchev–Trinajstić information content (AvgIpc) is 2.81. The molecule has 7 heteroatoms. The second-order valence-corrected chi connectivity index (χ2v) is 6.33. The molecule has 2 aliphatic heterocycles. The van der Waals surface area contributed by atoms with Crippen molar-refractivity contribution in [3.8, 4) is 22.8 Å². The van der Waals surface area contributed by atoms with Crippen LogP contribution in [0.5, 0.6) is 11.5 Å². The van der Waals surface area contributed by atoms with Gasteiger partial charge in [0.15, 0.2) is 16.9 Å². The number of hydrogen-bond acceptors (Lipinski definition) is 6. The van der Waals surface area contributed by atoms with Crippen molar-refractivity contribution in [3.63, 3.8) is 0 Å². The fourth-order valence-electron chi connectivity index (χ4n) is 3.29. The summed E-state index contributed by atoms with van der Waals surface area (Å²) in [6.45, 7) is 2.90. The van der Waals surface area contributed by atoms with Gasteiger partial charge in [0.25, 0.3) is 0 Å². The molecule has 4 rings (SSSR count). The molecule has 0 radical (unpaired) electrons. The van der Waals surface area contributed by atoms with Crippen LogP contribution in [0.2, 0.25) is 0 Å². The normalized spacial score (nSPS) is 17.7. The molecular formula is C19H19NO6. The number of aromatic nitrogens is 1. The number of carbonyl (C=O) groups is 1. The zero-order valence-corrected chi connectivity index (χ0v) is 14.4. The first kappa shape index (κ1) is 16.7. The van der Waals surface area contributed by atoms with Crippen LogP contribution in [-0.2, 0) is 17.7 Å². The molecule has 0 bridgehead atoms. The number of aliphatic hydroxyl groups is 1. The predicted molar refractivity (Wildman–Crippen MR) is 92.8 cm³/mol. The molecule has 2 aliphatic rings. The Hall–Kier alpha value is -2.80. The Balaban J connectivity index is 1.79. The summed E-state index contributed by atoms with van der Waals surface area (Å²) >= 11 is 0. The molecule has 0 saturated heterocycles. The van der Waals surface area contributed by atoms with Gasteiger partial charge in [0.1, 0.15) is 24.9 Å². The lowest BCUT2D eigenvalue weighted by molar-refractivity contribution is 0.0524. The Morgan fingerprint density at radius 2 is 2.00 bits per heavy atom. The van der Waals surface area contributed by atoms with E-state index in [1.807, 2.05) is 16.7 Å². The molecule has 136 valence electrons. The van der Waals surface area contributed by atoms with Gasteiger partial charge in [0.2, 0.25) is 0 Å². The molecule has 3 heterocycles. The molecule has 0 spiro atoms. The summed E-state index contributed by atoms with van der Waals surface area (Å²) < 4.78 is 18.1. The van der Waals surface area contributed by atoms with Crippen LogP contribution >= 0.6 is 0 Å². The van der Waals surface area contributed by atoms with E-state index in [0.29, 0.717) is 18.0 Å². The van der Waals surface area contributed by atoms with Crippen LogP contribution in [-0.4, -0.2) is 41.6 Å². The zero-order chi connectivity index (χ0) is 18.3. The molecule has 0 amide bonds. The minimum atomic E-state index is -0.679. The van der Waals surface area contributed by atoms with Crippen molar-refractivity contribution in [2.24, 2.45) is 0 Å². The first-order valence-electron chi connectivity index (χ1n) is 8.59. The summed E-state index contributed by atoms with van der Waals surface area (Å²) in [5.74, 6) is 0.529. The molecular weight excluding hydrogens is 338 g/mol. The Labute approximate surface area is 149 Å². The zero-order valence-electron chi connectivity index (χ0n) is 14.4. The largest absolute Gasteiger partial charge is 0.487 e. The van der Waals surface area contributed by atoms with Crippen LogP contribution < -0.4 is 14.9 Å². The summed E-state index contributed by atoms with van der Waals surface area (Å²) in [7, 11) is 0. The van der Waals surface area contributed by atoms with Gasteiger partial charge >= 0.3 is 5.97 Å². The highest BCUT2D eigenvalue weighted by Crippen LogP contribution is 2.39. The van der Waals surface area contributed by atoms with Gasteiger partial charge in [0.05, 0.1) is 12.3 Å². The van der Waals surface area contributed by atoms with E-state index in [1.54, 1.807) is 13.1 Å². The van der Waals surface area contributed by atoms with Gasteiger partial charge in [0, 0.05) is 24.4 Å². The van der Waals surface area contributed by atoms with Crippen molar-refractivity contribution in [1.82, 2.24) is 4.57 Å². The van der Waals surface area contributed by atoms with Crippen molar-refractivity contribution in [1.29, 1.82) is 0 Å². The second kappa shape index (κ2) is 6.49. The van der Waals surface area contributed by atoms with E-state index in [-0.39, 0.29) is 30.8 Å². The van der Waals surface area contributed by atoms with Crippen LogP contribution in [0.15, 0.2) is 29.2 Å². The fourth-order valence-corrected chi connectivity index (χ4v) is 3.29. The minimum Gasteiger partial charge on any atom is -0.487 e. The van der Waals surface area contributed by atoms with Crippen LogP contribution in [0.3, 0.4) is 0 Å². The van der Waals surface area contributed by atoms with E-state index >= 15 is 0 Å². The number of aryl methyl sites for hydroxylation is 2. The lowest BCUT2D eigenvalue weighted by Gasteiger charge is -2.24. The van der Waals surface area contributed by atoms with Gasteiger partial charge in [-0.25, -0.2) is 4.79 Å². The highest BCUT2D eigenvalue weighted by atomic mass is 16.5. The molecule has 1 atom stereocenters. The number of aliphatic hydroxyl groups excluding tert-OH is 1. The number of pyridine rings is 1. The van der Waals surface area contributed by atoms with Crippen LogP contribution in [0.4, 0.5) is 0 Å². The minimum absolute atomic E-state index is 0.0384. The summed E-state index contributed by atoms with van der Waals surface area (Å²) in [5, 5.41) is 9.71. The van der Waals surface area contributed by atoms with Crippen molar-refractivity contribution < 1.29 is 24.1 Å². The van der Waals surface area contributed by atoms with E-state index in [9.17, 15) is 14.7 Å². The van der Waals surface area contributed by atoms with Crippen molar-refractivity contribution in [2.45, 2.75) is 26.0 Å². The van der Waals surface area contributed by atoms with Gasteiger partial charge in [-0.15, -0.1) is 0 Å². The van der Waals surface area contributed by atoms with Gasteiger partial charge in [-0.1, -0.05) is 0 Å². The second-order valence-electron chi connectivity index (χ2n) is 6.33. The van der Waals surface area contributed by atoms with Crippen LogP contribution in [0.1, 0.15) is 22.8 Å². The third-order valence-electron chi connectivity index (χ3n) is 4.55. The fraction of sp³-hybridized carbons (Fsp3) is 0.368. The summed E-state index contributed by atoms with van der Waals surface area (Å²) in [4.78, 5) is 24.4. The first-order chi connectivity index (χ1) is 12.6. The molecule has 26 heavy (non-hydrogen) atoms. The summed E-state index contributed by atoms with van der Waals surface area (Å²) in [5.41, 5.74) is 2.29. The molecule has 0 saturated carbocycles. The average molecular weight is 357 g/mol. The molecule has 1 N–H and O–H groups in total. The number of rotatable bonds is 2. The highest BCUT2D eigenvalue weighted by Gasteiger charge is 2.24. The number of hydrogen-bond donors (Lipinski definition) is 1. The molecule has 1 aromatic heterocycles. The van der Waals surface area contributed by atoms with Crippen LogP contribution in [0.25, 0.3) is 11.3 Å². The van der Waals surface area contributed by atoms with E-state index in [2.05, 4.69) is 0 Å². The molecule has 2 aromatic rings. The van der Waals surface area contributed by atoms with Crippen LogP contribution in [0, 0.1) is 0 Å². The Morgan fingerprint density at radius 1 is 1.27 bits per heavy atom. The topological polar surface area (TPSA) is 87.0 Å². The number of ether oxygens (including phenoxy) is 3. The molecule has 0 aliphatic carbocycles. The first-order valence-corrected chi connectivity index (χ1v) is 8.59. The predicted octanol–water partition coefficient (Wildman–Crippen LogP) is 1.38. The van der Waals surface area contributed by atoms with Crippen molar-refractivity contribution in [3.05, 3.63) is 45.7 Å². The maximum Gasteiger partial charge on any atom is 0.343 e. The third kappa shape index (κ3) is 2.84. The highest BCUT2D eigenvalue weighted by molar-refractivity contribution is 5.89. The smallest absolute Gasteiger partial charge is 0.343 e. The van der Waals surface area contributed by atoms with Crippen molar-refractivity contribution >= 4 is 5.97 Å². The number of benzene rings is 1. The summed E-state index contributed by atoms with van der Waals surface area (Å²) in [6, 6.07) is 5.19. The number of nitrogens with zero attached hydrogens (tertiary/aromatic N) is 1. The number of carbonyl (C=O) groups excluding carboxylic acids is 1. The van der Waals surface area contributed by atoms with Gasteiger partial charge in [-0.05, 0) is 31.0 Å². The SMILES string of the molecule is CCOC(=O)c1cn2c(cc1=O)-c1cc3c(cc1CC2)OCC(O)CO3. The molecule has 0 fully saturated rings. The van der Waals surface area contributed by atoms with Gasteiger partial charge in [-0.2, -0.15) is 0 Å². The molecule has 1 unspecified atom stereocenters. The van der Waals surface area contributed by atoms with Gasteiger partial charge in [-0.3, -0.25) is 4.79 Å². The van der Waals surface area contributed by atoms with E-state index in [0.717, 1.165) is 23.2 Å². The number of esters is 1. The maximum atomic E-state index is 12.4.